The normalized spacial score (nSPS) is 13.0. The minimum atomic E-state index is -4.76. The number of sulfonamides is 1. The Kier molecular flexibility index (Phi) is 6.83. The monoisotopic (exact) mass is 530 g/mol. The fourth-order valence-electron chi connectivity index (χ4n) is 3.99. The van der Waals surface area contributed by atoms with Crippen LogP contribution < -0.4 is 4.72 Å². The molecule has 6 nitrogen and oxygen atoms in total. The molecule has 1 atom stereocenters. The second kappa shape index (κ2) is 9.61. The molecule has 4 rings (SSSR count). The Hall–Kier alpha value is -3.75. The van der Waals surface area contributed by atoms with Gasteiger partial charge in [0, 0.05) is 17.3 Å². The van der Waals surface area contributed by atoms with Crippen LogP contribution in [0.25, 0.3) is 28.0 Å². The van der Waals surface area contributed by atoms with Crippen LogP contribution in [0.15, 0.2) is 59.6 Å². The fourth-order valence-corrected chi connectivity index (χ4v) is 5.16. The van der Waals surface area contributed by atoms with Gasteiger partial charge in [0.2, 0.25) is 10.0 Å². The van der Waals surface area contributed by atoms with Gasteiger partial charge in [-0.15, -0.1) is 0 Å². The number of hydrogen-bond acceptors (Lipinski definition) is 4. The van der Waals surface area contributed by atoms with E-state index in [1.807, 2.05) is 38.1 Å². The van der Waals surface area contributed by atoms with Crippen LogP contribution in [0.5, 0.6) is 0 Å². The highest BCUT2D eigenvalue weighted by molar-refractivity contribution is 7.89. The SMILES string of the molecule is CCc1cc2c(cc1F)c(C#N)c(-c1ccc(S(=O)(=O)N[C@@H](C)C(F)(F)F)cn1)n2-c1ccc(C)cc1. The van der Waals surface area contributed by atoms with Crippen molar-refractivity contribution in [2.45, 2.75) is 44.3 Å². The number of pyridine rings is 1. The van der Waals surface area contributed by atoms with Gasteiger partial charge in [0.15, 0.2) is 0 Å². The van der Waals surface area contributed by atoms with Gasteiger partial charge in [-0.1, -0.05) is 24.6 Å². The lowest BCUT2D eigenvalue weighted by Crippen LogP contribution is -2.42. The van der Waals surface area contributed by atoms with Crippen LogP contribution in [-0.4, -0.2) is 30.2 Å². The van der Waals surface area contributed by atoms with E-state index in [4.69, 9.17) is 0 Å². The summed E-state index contributed by atoms with van der Waals surface area (Å²) in [5.41, 5.74) is 3.30. The Bertz CT molecular complexity index is 1620. The number of nitriles is 1. The summed E-state index contributed by atoms with van der Waals surface area (Å²) >= 11 is 0. The van der Waals surface area contributed by atoms with Crippen molar-refractivity contribution in [3.8, 4) is 23.1 Å². The number of nitrogens with one attached hydrogen (secondary N) is 1. The van der Waals surface area contributed by atoms with E-state index in [9.17, 15) is 31.2 Å². The molecule has 0 aliphatic heterocycles. The molecule has 0 saturated heterocycles. The molecule has 2 aromatic heterocycles. The maximum absolute atomic E-state index is 14.7. The van der Waals surface area contributed by atoms with Gasteiger partial charge in [0.05, 0.1) is 22.5 Å². The molecule has 37 heavy (non-hydrogen) atoms. The number of rotatable bonds is 6. The van der Waals surface area contributed by atoms with Crippen molar-refractivity contribution in [1.29, 1.82) is 5.26 Å². The maximum Gasteiger partial charge on any atom is 0.404 e. The maximum atomic E-state index is 14.7. The van der Waals surface area contributed by atoms with Crippen LogP contribution in [0.4, 0.5) is 17.6 Å². The average Bonchev–Trinajstić information content (AvgIpc) is 3.16. The van der Waals surface area contributed by atoms with Gasteiger partial charge < -0.3 is 4.57 Å². The van der Waals surface area contributed by atoms with Gasteiger partial charge in [-0.2, -0.15) is 23.2 Å². The molecular weight excluding hydrogens is 508 g/mol. The largest absolute Gasteiger partial charge is 0.404 e. The lowest BCUT2D eigenvalue weighted by molar-refractivity contribution is -0.147. The Morgan fingerprint density at radius 1 is 1.14 bits per heavy atom. The molecule has 2 aromatic carbocycles. The lowest BCUT2D eigenvalue weighted by atomic mass is 10.1. The summed E-state index contributed by atoms with van der Waals surface area (Å²) in [5, 5.41) is 10.4. The highest BCUT2D eigenvalue weighted by Crippen LogP contribution is 2.37. The van der Waals surface area contributed by atoms with Crippen LogP contribution in [0.3, 0.4) is 0 Å². The summed E-state index contributed by atoms with van der Waals surface area (Å²) in [5.74, 6) is -0.460. The standard InChI is InChI=1S/C26H22F4N4O2S/c1-4-17-11-24-20(12-22(17)27)21(13-31)25(34(24)18-7-5-15(2)6-8-18)23-10-9-19(14-32-23)37(35,36)33-16(3)26(28,29)30/h5-12,14,16,33H,4H2,1-3H3/t16-/m0/s1. The number of fused-ring (bicyclic) bond motifs is 1. The molecule has 0 aliphatic rings. The molecule has 0 aliphatic carbocycles. The number of benzene rings is 2. The van der Waals surface area contributed by atoms with Crippen molar-refractivity contribution >= 4 is 20.9 Å². The average molecular weight is 531 g/mol. The second-order valence-electron chi connectivity index (χ2n) is 8.58. The van der Waals surface area contributed by atoms with E-state index in [2.05, 4.69) is 11.1 Å². The third-order valence-corrected chi connectivity index (χ3v) is 7.56. The van der Waals surface area contributed by atoms with Crippen LogP contribution in [0, 0.1) is 24.1 Å². The second-order valence-corrected chi connectivity index (χ2v) is 10.3. The molecule has 0 spiro atoms. The van der Waals surface area contributed by atoms with E-state index < -0.39 is 33.0 Å². The van der Waals surface area contributed by atoms with Gasteiger partial charge in [-0.3, -0.25) is 4.98 Å². The smallest absolute Gasteiger partial charge is 0.307 e. The third kappa shape index (κ3) is 4.95. The summed E-state index contributed by atoms with van der Waals surface area (Å²) in [7, 11) is -4.52. The molecular formula is C26H22F4N4O2S. The highest BCUT2D eigenvalue weighted by Gasteiger charge is 2.39. The van der Waals surface area contributed by atoms with Crippen LogP contribution in [0.2, 0.25) is 0 Å². The number of aromatic nitrogens is 2. The number of halogens is 4. The van der Waals surface area contributed by atoms with E-state index in [-0.39, 0.29) is 11.3 Å². The van der Waals surface area contributed by atoms with E-state index in [1.54, 1.807) is 15.4 Å². The van der Waals surface area contributed by atoms with Crippen molar-refractivity contribution in [3.05, 3.63) is 77.2 Å². The van der Waals surface area contributed by atoms with Crippen LogP contribution in [0.1, 0.15) is 30.5 Å². The van der Waals surface area contributed by atoms with Crippen LogP contribution in [-0.2, 0) is 16.4 Å². The van der Waals surface area contributed by atoms with Crippen molar-refractivity contribution in [1.82, 2.24) is 14.3 Å². The first-order valence-electron chi connectivity index (χ1n) is 11.3. The van der Waals surface area contributed by atoms with Crippen molar-refractivity contribution in [2.24, 2.45) is 0 Å². The van der Waals surface area contributed by atoms with Gasteiger partial charge in [-0.25, -0.2) is 12.8 Å². The van der Waals surface area contributed by atoms with E-state index in [0.717, 1.165) is 17.8 Å². The third-order valence-electron chi connectivity index (χ3n) is 6.03. The first kappa shape index (κ1) is 26.3. The summed E-state index contributed by atoms with van der Waals surface area (Å²) in [6.45, 7) is 4.42. The Labute approximate surface area is 211 Å². The van der Waals surface area contributed by atoms with Gasteiger partial charge >= 0.3 is 6.18 Å². The van der Waals surface area contributed by atoms with Crippen molar-refractivity contribution in [3.63, 3.8) is 0 Å². The zero-order valence-corrected chi connectivity index (χ0v) is 20.9. The molecule has 0 fully saturated rings. The topological polar surface area (TPSA) is 87.8 Å². The predicted molar refractivity (Wildman–Crippen MR) is 131 cm³/mol. The quantitative estimate of drug-likeness (QED) is 0.319. The highest BCUT2D eigenvalue weighted by atomic mass is 32.2. The Morgan fingerprint density at radius 2 is 1.81 bits per heavy atom. The summed E-state index contributed by atoms with van der Waals surface area (Å²) in [6, 6.07) is 12.6. The van der Waals surface area contributed by atoms with Gasteiger partial charge in [0.25, 0.3) is 0 Å². The molecule has 0 saturated carbocycles. The number of aryl methyl sites for hydroxylation is 2. The van der Waals surface area contributed by atoms with E-state index >= 15 is 0 Å². The molecule has 192 valence electrons. The number of hydrogen-bond donors (Lipinski definition) is 1. The number of nitrogens with zero attached hydrogens (tertiary/aromatic N) is 3. The van der Waals surface area contributed by atoms with E-state index in [1.165, 1.54) is 12.1 Å². The molecule has 2 heterocycles. The lowest BCUT2D eigenvalue weighted by Gasteiger charge is -2.17. The zero-order valence-electron chi connectivity index (χ0n) is 20.1. The summed E-state index contributed by atoms with van der Waals surface area (Å²) in [4.78, 5) is 3.72. The van der Waals surface area contributed by atoms with Crippen LogP contribution >= 0.6 is 0 Å². The summed E-state index contributed by atoms with van der Waals surface area (Å²) < 4.78 is 81.6. The zero-order chi connectivity index (χ0) is 27.1. The van der Waals surface area contributed by atoms with Gasteiger partial charge in [0.1, 0.15) is 22.8 Å². The molecule has 11 heteroatoms. The first-order valence-corrected chi connectivity index (χ1v) is 12.7. The Morgan fingerprint density at radius 3 is 2.35 bits per heavy atom. The van der Waals surface area contributed by atoms with Gasteiger partial charge in [-0.05, 0) is 62.2 Å². The molecule has 0 bridgehead atoms. The number of alkyl halides is 3. The summed E-state index contributed by atoms with van der Waals surface area (Å²) in [6.07, 6.45) is -3.41. The van der Waals surface area contributed by atoms with Crippen molar-refractivity contribution in [2.75, 3.05) is 0 Å². The molecule has 1 N–H and O–H groups in total. The Balaban J connectivity index is 1.92. The minimum absolute atomic E-state index is 0.129. The van der Waals surface area contributed by atoms with Crippen molar-refractivity contribution < 1.29 is 26.0 Å². The van der Waals surface area contributed by atoms with E-state index in [0.29, 0.717) is 41.2 Å². The molecule has 0 radical (unpaired) electrons. The molecule has 0 unspecified atom stereocenters. The fraction of sp³-hybridized carbons (Fsp3) is 0.231. The molecule has 4 aromatic rings. The molecule has 0 amide bonds. The minimum Gasteiger partial charge on any atom is -0.307 e. The predicted octanol–water partition coefficient (Wildman–Crippen LogP) is 5.80. The first-order chi connectivity index (χ1) is 17.4.